The van der Waals surface area contributed by atoms with Crippen LogP contribution in [-0.4, -0.2) is 16.2 Å². The summed E-state index contributed by atoms with van der Waals surface area (Å²) >= 11 is 3.47. The van der Waals surface area contributed by atoms with E-state index < -0.39 is 11.6 Å². The first-order valence-corrected chi connectivity index (χ1v) is 6.53. The third-order valence-electron chi connectivity index (χ3n) is 3.05. The molecule has 0 fully saturated rings. The van der Waals surface area contributed by atoms with Gasteiger partial charge in [-0.1, -0.05) is 58.4 Å². The van der Waals surface area contributed by atoms with E-state index in [0.29, 0.717) is 5.56 Å². The van der Waals surface area contributed by atoms with Crippen LogP contribution in [0.4, 0.5) is 0 Å². The fourth-order valence-corrected chi connectivity index (χ4v) is 2.31. The number of carboxylic acid groups (broad SMARTS) is 1. The van der Waals surface area contributed by atoms with Gasteiger partial charge in [0.25, 0.3) is 0 Å². The number of halogens is 1. The first-order valence-electron chi connectivity index (χ1n) is 5.74. The largest absolute Gasteiger partial charge is 0.479 e. The van der Waals surface area contributed by atoms with Gasteiger partial charge >= 0.3 is 5.97 Å². The van der Waals surface area contributed by atoms with Crippen LogP contribution in [0.15, 0.2) is 53.0 Å². The molecule has 0 heterocycles. The normalized spacial score (nSPS) is 13.8. The number of rotatable bonds is 3. The number of carboxylic acids is 1. The van der Waals surface area contributed by atoms with E-state index in [4.69, 9.17) is 5.11 Å². The van der Waals surface area contributed by atoms with Gasteiger partial charge in [-0.25, -0.2) is 4.79 Å². The number of benzene rings is 2. The lowest BCUT2D eigenvalue weighted by atomic mass is 9.94. The summed E-state index contributed by atoms with van der Waals surface area (Å²) in [4.78, 5) is 11.0. The second-order valence-electron chi connectivity index (χ2n) is 4.43. The van der Waals surface area contributed by atoms with E-state index in [9.17, 15) is 9.90 Å². The summed E-state index contributed by atoms with van der Waals surface area (Å²) in [6.07, 6.45) is 0. The van der Waals surface area contributed by atoms with Gasteiger partial charge in [0.05, 0.1) is 0 Å². The highest BCUT2D eigenvalue weighted by atomic mass is 79.9. The van der Waals surface area contributed by atoms with Crippen molar-refractivity contribution >= 4 is 21.9 Å². The number of aliphatic hydroxyl groups is 1. The van der Waals surface area contributed by atoms with E-state index in [1.54, 1.807) is 24.3 Å². The van der Waals surface area contributed by atoms with Crippen LogP contribution in [0.25, 0.3) is 11.1 Å². The molecule has 0 aliphatic heterocycles. The molecule has 0 saturated carbocycles. The third kappa shape index (κ3) is 2.69. The van der Waals surface area contributed by atoms with E-state index in [1.165, 1.54) is 6.92 Å². The number of hydrogen-bond acceptors (Lipinski definition) is 2. The van der Waals surface area contributed by atoms with Crippen molar-refractivity contribution in [3.63, 3.8) is 0 Å². The lowest BCUT2D eigenvalue weighted by Crippen LogP contribution is -2.31. The maximum Gasteiger partial charge on any atom is 0.340 e. The SMILES string of the molecule is CC(O)(C(=O)O)c1ccc(-c2ccccc2Br)cc1. The van der Waals surface area contributed by atoms with Gasteiger partial charge < -0.3 is 10.2 Å². The molecule has 0 aliphatic carbocycles. The minimum absolute atomic E-state index is 0.357. The predicted octanol–water partition coefficient (Wildman–Crippen LogP) is 3.41. The topological polar surface area (TPSA) is 57.5 Å². The molecule has 2 aromatic carbocycles. The Labute approximate surface area is 119 Å². The maximum absolute atomic E-state index is 11.0. The molecule has 4 heteroatoms. The molecule has 0 radical (unpaired) electrons. The van der Waals surface area contributed by atoms with Crippen molar-refractivity contribution in [1.29, 1.82) is 0 Å². The predicted molar refractivity (Wildman–Crippen MR) is 76.8 cm³/mol. The Kier molecular flexibility index (Phi) is 3.73. The monoisotopic (exact) mass is 320 g/mol. The highest BCUT2D eigenvalue weighted by molar-refractivity contribution is 9.10. The Morgan fingerprint density at radius 3 is 2.21 bits per heavy atom. The quantitative estimate of drug-likeness (QED) is 0.911. The summed E-state index contributed by atoms with van der Waals surface area (Å²) < 4.78 is 0.966. The van der Waals surface area contributed by atoms with Crippen LogP contribution >= 0.6 is 15.9 Å². The Morgan fingerprint density at radius 1 is 1.11 bits per heavy atom. The van der Waals surface area contributed by atoms with Crippen molar-refractivity contribution in [2.24, 2.45) is 0 Å². The summed E-state index contributed by atoms with van der Waals surface area (Å²) in [6.45, 7) is 1.27. The Balaban J connectivity index is 2.40. The molecular weight excluding hydrogens is 308 g/mol. The zero-order valence-electron chi connectivity index (χ0n) is 10.3. The third-order valence-corrected chi connectivity index (χ3v) is 3.74. The van der Waals surface area contributed by atoms with Crippen LogP contribution in [0.5, 0.6) is 0 Å². The molecule has 0 saturated heterocycles. The van der Waals surface area contributed by atoms with Crippen molar-refractivity contribution in [2.75, 3.05) is 0 Å². The standard InChI is InChI=1S/C15H13BrO3/c1-15(19,14(17)18)11-8-6-10(7-9-11)12-4-2-3-5-13(12)16/h2-9,19H,1H3,(H,17,18). The molecular formula is C15H13BrO3. The van der Waals surface area contributed by atoms with Crippen molar-refractivity contribution < 1.29 is 15.0 Å². The van der Waals surface area contributed by atoms with Crippen LogP contribution in [-0.2, 0) is 10.4 Å². The van der Waals surface area contributed by atoms with E-state index in [-0.39, 0.29) is 0 Å². The van der Waals surface area contributed by atoms with Crippen molar-refractivity contribution in [3.05, 3.63) is 58.6 Å². The van der Waals surface area contributed by atoms with Gasteiger partial charge in [0.2, 0.25) is 0 Å². The number of hydrogen-bond donors (Lipinski definition) is 2. The van der Waals surface area contributed by atoms with Gasteiger partial charge in [-0.2, -0.15) is 0 Å². The lowest BCUT2D eigenvalue weighted by molar-refractivity contribution is -0.157. The summed E-state index contributed by atoms with van der Waals surface area (Å²) in [5.74, 6) is -1.26. The molecule has 98 valence electrons. The number of carbonyl (C=O) groups is 1. The Bertz CT molecular complexity index is 603. The van der Waals surface area contributed by atoms with Gasteiger partial charge in [0.1, 0.15) is 0 Å². The molecule has 0 bridgehead atoms. The first kappa shape index (κ1) is 13.8. The summed E-state index contributed by atoms with van der Waals surface area (Å²) in [5.41, 5.74) is 0.462. The summed E-state index contributed by atoms with van der Waals surface area (Å²) in [6, 6.07) is 14.6. The molecule has 2 N–H and O–H groups in total. The van der Waals surface area contributed by atoms with Gasteiger partial charge in [0, 0.05) is 4.47 Å². The molecule has 1 atom stereocenters. The Morgan fingerprint density at radius 2 is 1.68 bits per heavy atom. The maximum atomic E-state index is 11.0. The van der Waals surface area contributed by atoms with E-state index in [2.05, 4.69) is 15.9 Å². The van der Waals surface area contributed by atoms with E-state index in [1.807, 2.05) is 24.3 Å². The first-order chi connectivity index (χ1) is 8.93. The van der Waals surface area contributed by atoms with Crippen LogP contribution in [0.1, 0.15) is 12.5 Å². The van der Waals surface area contributed by atoms with Crippen molar-refractivity contribution in [1.82, 2.24) is 0 Å². The molecule has 0 aliphatic rings. The summed E-state index contributed by atoms with van der Waals surface area (Å²) in [7, 11) is 0. The second kappa shape index (κ2) is 5.15. The molecule has 3 nitrogen and oxygen atoms in total. The molecule has 1 unspecified atom stereocenters. The zero-order chi connectivity index (χ0) is 14.0. The average molecular weight is 321 g/mol. The molecule has 2 rings (SSSR count). The summed E-state index contributed by atoms with van der Waals surface area (Å²) in [5, 5.41) is 18.8. The fraction of sp³-hybridized carbons (Fsp3) is 0.133. The minimum Gasteiger partial charge on any atom is -0.479 e. The number of aliphatic carboxylic acids is 1. The van der Waals surface area contributed by atoms with Gasteiger partial charge in [-0.3, -0.25) is 0 Å². The van der Waals surface area contributed by atoms with Crippen molar-refractivity contribution in [2.45, 2.75) is 12.5 Å². The van der Waals surface area contributed by atoms with Gasteiger partial charge in [0.15, 0.2) is 5.60 Å². The Hall–Kier alpha value is -1.65. The average Bonchev–Trinajstić information content (AvgIpc) is 2.39. The zero-order valence-corrected chi connectivity index (χ0v) is 11.9. The van der Waals surface area contributed by atoms with Crippen molar-refractivity contribution in [3.8, 4) is 11.1 Å². The van der Waals surface area contributed by atoms with Crippen LogP contribution in [0.2, 0.25) is 0 Å². The molecule has 0 aromatic heterocycles. The molecule has 19 heavy (non-hydrogen) atoms. The minimum atomic E-state index is -1.87. The highest BCUT2D eigenvalue weighted by Gasteiger charge is 2.31. The lowest BCUT2D eigenvalue weighted by Gasteiger charge is -2.18. The molecule has 0 spiro atoms. The van der Waals surface area contributed by atoms with E-state index in [0.717, 1.165) is 15.6 Å². The fourth-order valence-electron chi connectivity index (χ4n) is 1.79. The molecule has 0 amide bonds. The smallest absolute Gasteiger partial charge is 0.340 e. The van der Waals surface area contributed by atoms with Gasteiger partial charge in [-0.15, -0.1) is 0 Å². The van der Waals surface area contributed by atoms with Crippen LogP contribution in [0.3, 0.4) is 0 Å². The molecule has 2 aromatic rings. The van der Waals surface area contributed by atoms with E-state index >= 15 is 0 Å². The second-order valence-corrected chi connectivity index (χ2v) is 5.29. The highest BCUT2D eigenvalue weighted by Crippen LogP contribution is 2.30. The van der Waals surface area contributed by atoms with Gasteiger partial charge in [-0.05, 0) is 29.7 Å². The van der Waals surface area contributed by atoms with Crippen LogP contribution in [0, 0.1) is 0 Å². The van der Waals surface area contributed by atoms with Crippen LogP contribution < -0.4 is 0 Å².